The molecule has 2 rings (SSSR count). The van der Waals surface area contributed by atoms with Crippen molar-refractivity contribution in [1.82, 2.24) is 9.55 Å². The summed E-state index contributed by atoms with van der Waals surface area (Å²) < 4.78 is 2.12. The van der Waals surface area contributed by atoms with Gasteiger partial charge in [0.15, 0.2) is 0 Å². The zero-order chi connectivity index (χ0) is 13.1. The molecule has 3 unspecified atom stereocenters. The van der Waals surface area contributed by atoms with Gasteiger partial charge in [-0.25, -0.2) is 4.98 Å². The lowest BCUT2D eigenvalue weighted by Gasteiger charge is -2.35. The fourth-order valence-electron chi connectivity index (χ4n) is 3.12. The SMILES string of the molecule is CC(C)C1CCC(Cl)C(CCc2nccn2C)C1. The molecule has 0 amide bonds. The minimum atomic E-state index is 0.375. The van der Waals surface area contributed by atoms with Gasteiger partial charge in [0.05, 0.1) is 0 Å². The molecule has 0 N–H and O–H groups in total. The van der Waals surface area contributed by atoms with Crippen molar-refractivity contribution in [3.05, 3.63) is 18.2 Å². The second kappa shape index (κ2) is 6.10. The predicted octanol–water partition coefficient (Wildman–Crippen LogP) is 4.03. The Labute approximate surface area is 116 Å². The van der Waals surface area contributed by atoms with E-state index >= 15 is 0 Å². The number of hydrogen-bond donors (Lipinski definition) is 0. The molecule has 0 saturated heterocycles. The van der Waals surface area contributed by atoms with Gasteiger partial charge in [0.25, 0.3) is 0 Å². The number of aryl methyl sites for hydroxylation is 2. The molecule has 1 heterocycles. The summed E-state index contributed by atoms with van der Waals surface area (Å²) in [4.78, 5) is 4.40. The molecule has 0 bridgehead atoms. The molecule has 1 saturated carbocycles. The van der Waals surface area contributed by atoms with Gasteiger partial charge in [-0.05, 0) is 43.4 Å². The second-order valence-corrected chi connectivity index (χ2v) is 6.65. The fraction of sp³-hybridized carbons (Fsp3) is 0.800. The molecule has 1 aliphatic rings. The molecule has 2 nitrogen and oxygen atoms in total. The molecule has 0 spiro atoms. The van der Waals surface area contributed by atoms with Crippen molar-refractivity contribution in [2.45, 2.75) is 51.3 Å². The van der Waals surface area contributed by atoms with Crippen LogP contribution in [0.4, 0.5) is 0 Å². The summed E-state index contributed by atoms with van der Waals surface area (Å²) in [6.45, 7) is 4.68. The number of nitrogens with zero attached hydrogens (tertiary/aromatic N) is 2. The molecule has 3 atom stereocenters. The molecule has 1 aromatic heterocycles. The Kier molecular flexibility index (Phi) is 4.71. The van der Waals surface area contributed by atoms with Gasteiger partial charge in [-0.3, -0.25) is 0 Å². The first-order valence-electron chi connectivity index (χ1n) is 7.18. The Balaban J connectivity index is 1.89. The Morgan fingerprint density at radius 2 is 2.22 bits per heavy atom. The first kappa shape index (κ1) is 13.9. The summed E-state index contributed by atoms with van der Waals surface area (Å²) in [6.07, 6.45) is 9.94. The van der Waals surface area contributed by atoms with E-state index in [1.165, 1.54) is 31.5 Å². The van der Waals surface area contributed by atoms with Gasteiger partial charge in [0.2, 0.25) is 0 Å². The van der Waals surface area contributed by atoms with Crippen molar-refractivity contribution in [2.75, 3.05) is 0 Å². The van der Waals surface area contributed by atoms with E-state index in [0.717, 1.165) is 18.3 Å². The Hall–Kier alpha value is -0.500. The highest BCUT2D eigenvalue weighted by Crippen LogP contribution is 2.38. The lowest BCUT2D eigenvalue weighted by atomic mass is 9.74. The van der Waals surface area contributed by atoms with Crippen LogP contribution < -0.4 is 0 Å². The van der Waals surface area contributed by atoms with E-state index in [2.05, 4.69) is 30.4 Å². The van der Waals surface area contributed by atoms with Crippen molar-refractivity contribution >= 4 is 11.6 Å². The normalized spacial score (nSPS) is 28.8. The highest BCUT2D eigenvalue weighted by atomic mass is 35.5. The number of alkyl halides is 1. The largest absolute Gasteiger partial charge is 0.338 e. The number of rotatable bonds is 4. The van der Waals surface area contributed by atoms with Crippen LogP contribution in [-0.4, -0.2) is 14.9 Å². The monoisotopic (exact) mass is 268 g/mol. The minimum Gasteiger partial charge on any atom is -0.338 e. The van der Waals surface area contributed by atoms with E-state index in [4.69, 9.17) is 11.6 Å². The number of hydrogen-bond acceptors (Lipinski definition) is 1. The molecule has 18 heavy (non-hydrogen) atoms. The summed E-state index contributed by atoms with van der Waals surface area (Å²) in [6, 6.07) is 0. The minimum absolute atomic E-state index is 0.375. The number of imidazole rings is 1. The van der Waals surface area contributed by atoms with Crippen LogP contribution in [0.15, 0.2) is 12.4 Å². The van der Waals surface area contributed by atoms with E-state index in [1.54, 1.807) is 0 Å². The summed E-state index contributed by atoms with van der Waals surface area (Å²) in [5.74, 6) is 3.52. The molecule has 1 aliphatic carbocycles. The highest BCUT2D eigenvalue weighted by molar-refractivity contribution is 6.20. The van der Waals surface area contributed by atoms with Gasteiger partial charge in [-0.15, -0.1) is 11.6 Å². The summed E-state index contributed by atoms with van der Waals surface area (Å²) in [5.41, 5.74) is 0. The van der Waals surface area contributed by atoms with Gasteiger partial charge in [-0.1, -0.05) is 13.8 Å². The van der Waals surface area contributed by atoms with Gasteiger partial charge in [-0.2, -0.15) is 0 Å². The molecule has 0 aromatic carbocycles. The average Bonchev–Trinajstić information content (AvgIpc) is 2.73. The first-order valence-corrected chi connectivity index (χ1v) is 7.61. The lowest BCUT2D eigenvalue weighted by molar-refractivity contribution is 0.210. The van der Waals surface area contributed by atoms with Crippen molar-refractivity contribution in [3.63, 3.8) is 0 Å². The van der Waals surface area contributed by atoms with Crippen LogP contribution in [0.5, 0.6) is 0 Å². The predicted molar refractivity (Wildman–Crippen MR) is 76.8 cm³/mol. The smallest absolute Gasteiger partial charge is 0.108 e. The number of halogens is 1. The van der Waals surface area contributed by atoms with Crippen LogP contribution in [0.3, 0.4) is 0 Å². The average molecular weight is 269 g/mol. The van der Waals surface area contributed by atoms with Gasteiger partial charge in [0.1, 0.15) is 5.82 Å². The molecular weight excluding hydrogens is 244 g/mol. The quantitative estimate of drug-likeness (QED) is 0.754. The maximum atomic E-state index is 6.51. The van der Waals surface area contributed by atoms with Crippen LogP contribution in [0.2, 0.25) is 0 Å². The van der Waals surface area contributed by atoms with Crippen molar-refractivity contribution < 1.29 is 0 Å². The second-order valence-electron chi connectivity index (χ2n) is 6.09. The first-order chi connectivity index (χ1) is 8.58. The third-order valence-corrected chi connectivity index (χ3v) is 5.11. The molecule has 0 aliphatic heterocycles. The molecular formula is C15H25ClN2. The van der Waals surface area contributed by atoms with E-state index in [-0.39, 0.29) is 0 Å². The van der Waals surface area contributed by atoms with Crippen LogP contribution in [0.1, 0.15) is 45.4 Å². The zero-order valence-corrected chi connectivity index (χ0v) is 12.5. The third kappa shape index (κ3) is 3.28. The Morgan fingerprint density at radius 3 is 2.83 bits per heavy atom. The summed E-state index contributed by atoms with van der Waals surface area (Å²) in [5, 5.41) is 0.375. The summed E-state index contributed by atoms with van der Waals surface area (Å²) in [7, 11) is 2.07. The van der Waals surface area contributed by atoms with Gasteiger partial charge < -0.3 is 4.57 Å². The van der Waals surface area contributed by atoms with Crippen molar-refractivity contribution in [3.8, 4) is 0 Å². The summed E-state index contributed by atoms with van der Waals surface area (Å²) >= 11 is 6.51. The molecule has 0 radical (unpaired) electrons. The van der Waals surface area contributed by atoms with E-state index in [1.807, 2.05) is 12.4 Å². The van der Waals surface area contributed by atoms with Crippen LogP contribution in [-0.2, 0) is 13.5 Å². The number of aromatic nitrogens is 2. The lowest BCUT2D eigenvalue weighted by Crippen LogP contribution is -2.28. The molecule has 102 valence electrons. The van der Waals surface area contributed by atoms with Crippen molar-refractivity contribution in [1.29, 1.82) is 0 Å². The zero-order valence-electron chi connectivity index (χ0n) is 11.8. The Bertz CT molecular complexity index is 372. The fourth-order valence-corrected chi connectivity index (χ4v) is 3.47. The van der Waals surface area contributed by atoms with Gasteiger partial charge in [0, 0.05) is 31.2 Å². The van der Waals surface area contributed by atoms with Crippen LogP contribution >= 0.6 is 11.6 Å². The standard InChI is InChI=1S/C15H25ClN2/c1-11(2)12-4-6-14(16)13(10-12)5-7-15-17-8-9-18(15)3/h8-9,11-14H,4-7,10H2,1-3H3. The maximum absolute atomic E-state index is 6.51. The van der Waals surface area contributed by atoms with E-state index < -0.39 is 0 Å². The highest BCUT2D eigenvalue weighted by Gasteiger charge is 2.30. The molecule has 3 heteroatoms. The van der Waals surface area contributed by atoms with Crippen LogP contribution in [0, 0.1) is 17.8 Å². The third-order valence-electron chi connectivity index (χ3n) is 4.53. The Morgan fingerprint density at radius 1 is 1.44 bits per heavy atom. The maximum Gasteiger partial charge on any atom is 0.108 e. The molecule has 1 aromatic rings. The van der Waals surface area contributed by atoms with E-state index in [0.29, 0.717) is 11.3 Å². The van der Waals surface area contributed by atoms with Gasteiger partial charge >= 0.3 is 0 Å². The van der Waals surface area contributed by atoms with E-state index in [9.17, 15) is 0 Å². The van der Waals surface area contributed by atoms with Crippen LogP contribution in [0.25, 0.3) is 0 Å². The molecule has 1 fully saturated rings. The topological polar surface area (TPSA) is 17.8 Å². The van der Waals surface area contributed by atoms with Crippen molar-refractivity contribution in [2.24, 2.45) is 24.8 Å².